The van der Waals surface area contributed by atoms with Crippen molar-refractivity contribution < 1.29 is 5.11 Å². The number of hydrogen-bond donors (Lipinski definition) is 2. The second kappa shape index (κ2) is 3.60. The molecule has 10 heavy (non-hydrogen) atoms. The molecule has 2 N–H and O–H groups in total. The van der Waals surface area contributed by atoms with Crippen LogP contribution in [0.25, 0.3) is 0 Å². The molecule has 0 aromatic carbocycles. The van der Waals surface area contributed by atoms with Crippen LogP contribution in [0.1, 0.15) is 19.3 Å². The Labute approximate surface area is 61.6 Å². The van der Waals surface area contributed by atoms with Gasteiger partial charge in [0, 0.05) is 19.0 Å². The summed E-state index contributed by atoms with van der Waals surface area (Å²) in [4.78, 5) is 0. The molecule has 0 heterocycles. The van der Waals surface area contributed by atoms with Gasteiger partial charge >= 0.3 is 0 Å². The van der Waals surface area contributed by atoms with Crippen molar-refractivity contribution in [1.29, 1.82) is 0 Å². The van der Waals surface area contributed by atoms with Gasteiger partial charge in [-0.05, 0) is 12.8 Å². The van der Waals surface area contributed by atoms with E-state index in [0.717, 1.165) is 0 Å². The van der Waals surface area contributed by atoms with Crippen molar-refractivity contribution in [2.45, 2.75) is 31.4 Å². The summed E-state index contributed by atoms with van der Waals surface area (Å²) < 4.78 is 0. The van der Waals surface area contributed by atoms with Gasteiger partial charge < -0.3 is 10.4 Å². The van der Waals surface area contributed by atoms with E-state index in [-0.39, 0.29) is 6.10 Å². The van der Waals surface area contributed by atoms with Gasteiger partial charge in [-0.2, -0.15) is 0 Å². The fourth-order valence-electron chi connectivity index (χ4n) is 0.798. The molecule has 0 amide bonds. The predicted molar refractivity (Wildman–Crippen MR) is 40.5 cm³/mol. The maximum Gasteiger partial charge on any atom is 0.0773 e. The molecule has 1 aliphatic carbocycles. The normalized spacial score (nSPS) is 20.0. The number of aliphatic hydroxyl groups is 1. The summed E-state index contributed by atoms with van der Waals surface area (Å²) in [6.07, 6.45) is 7.62. The monoisotopic (exact) mass is 139 g/mol. The second-order valence-corrected chi connectivity index (χ2v) is 2.74. The lowest BCUT2D eigenvalue weighted by Crippen LogP contribution is -2.27. The van der Waals surface area contributed by atoms with Gasteiger partial charge in [0.15, 0.2) is 0 Å². The minimum absolute atomic E-state index is 0.356. The molecule has 0 bridgehead atoms. The summed E-state index contributed by atoms with van der Waals surface area (Å²) >= 11 is 0. The summed E-state index contributed by atoms with van der Waals surface area (Å²) in [6, 6.07) is 0.660. The smallest absolute Gasteiger partial charge is 0.0773 e. The Bertz CT molecular complexity index is 135. The number of nitrogens with one attached hydrogen (secondary N) is 1. The van der Waals surface area contributed by atoms with Crippen LogP contribution < -0.4 is 5.32 Å². The zero-order valence-electron chi connectivity index (χ0n) is 6.01. The second-order valence-electron chi connectivity index (χ2n) is 2.74. The van der Waals surface area contributed by atoms with Gasteiger partial charge in [-0.1, -0.05) is 0 Å². The largest absolute Gasteiger partial charge is 0.391 e. The Kier molecular flexibility index (Phi) is 2.73. The van der Waals surface area contributed by atoms with Crippen LogP contribution in [0.4, 0.5) is 0 Å². The van der Waals surface area contributed by atoms with E-state index in [1.807, 2.05) is 0 Å². The lowest BCUT2D eigenvalue weighted by Gasteiger charge is -2.06. The highest BCUT2D eigenvalue weighted by molar-refractivity contribution is 4.89. The van der Waals surface area contributed by atoms with Crippen LogP contribution in [-0.4, -0.2) is 23.8 Å². The fraction of sp³-hybridized carbons (Fsp3) is 0.750. The van der Waals surface area contributed by atoms with Crippen molar-refractivity contribution in [1.82, 2.24) is 5.32 Å². The Morgan fingerprint density at radius 1 is 1.70 bits per heavy atom. The van der Waals surface area contributed by atoms with E-state index < -0.39 is 0 Å². The molecule has 2 nitrogen and oxygen atoms in total. The van der Waals surface area contributed by atoms with Crippen molar-refractivity contribution in [2.75, 3.05) is 6.54 Å². The highest BCUT2D eigenvalue weighted by atomic mass is 16.3. The molecule has 0 saturated heterocycles. The molecule has 0 aromatic heterocycles. The third-order valence-electron chi connectivity index (χ3n) is 1.57. The molecule has 1 fully saturated rings. The maximum absolute atomic E-state index is 9.12. The molecule has 0 aliphatic heterocycles. The summed E-state index contributed by atoms with van der Waals surface area (Å²) in [7, 11) is 0. The number of rotatable bonds is 4. The van der Waals surface area contributed by atoms with E-state index in [4.69, 9.17) is 11.5 Å². The molecule has 1 unspecified atom stereocenters. The molecule has 0 spiro atoms. The third kappa shape index (κ3) is 2.86. The highest BCUT2D eigenvalue weighted by Gasteiger charge is 2.20. The third-order valence-corrected chi connectivity index (χ3v) is 1.57. The van der Waals surface area contributed by atoms with Crippen LogP contribution in [0.2, 0.25) is 0 Å². The molecule has 1 saturated carbocycles. The summed E-state index contributed by atoms with van der Waals surface area (Å²) in [5, 5.41) is 12.3. The SMILES string of the molecule is C#CCC(O)CNC1CC1. The maximum atomic E-state index is 9.12. The quantitative estimate of drug-likeness (QED) is 0.542. The Hall–Kier alpha value is -0.520. The van der Waals surface area contributed by atoms with Gasteiger partial charge in [-0.3, -0.25) is 0 Å². The summed E-state index contributed by atoms with van der Waals surface area (Å²) in [5.74, 6) is 2.42. The molecule has 1 atom stereocenters. The minimum Gasteiger partial charge on any atom is -0.391 e. The molecule has 1 aliphatic rings. The summed E-state index contributed by atoms with van der Waals surface area (Å²) in [6.45, 7) is 0.648. The van der Waals surface area contributed by atoms with E-state index in [2.05, 4.69) is 11.2 Å². The van der Waals surface area contributed by atoms with Gasteiger partial charge in [0.05, 0.1) is 6.10 Å². The number of aliphatic hydroxyl groups excluding tert-OH is 1. The molecular weight excluding hydrogens is 126 g/mol. The number of terminal acetylenes is 1. The average Bonchev–Trinajstić information content (AvgIpc) is 2.67. The van der Waals surface area contributed by atoms with Crippen LogP contribution >= 0.6 is 0 Å². The first-order chi connectivity index (χ1) is 4.83. The molecule has 56 valence electrons. The Morgan fingerprint density at radius 2 is 2.40 bits per heavy atom. The zero-order chi connectivity index (χ0) is 7.40. The van der Waals surface area contributed by atoms with Crippen molar-refractivity contribution in [3.05, 3.63) is 0 Å². The standard InChI is InChI=1S/C8H13NO/c1-2-3-8(10)6-9-7-4-5-7/h1,7-10H,3-6H2. The van der Waals surface area contributed by atoms with Crippen LogP contribution in [0.3, 0.4) is 0 Å². The van der Waals surface area contributed by atoms with Crippen LogP contribution in [-0.2, 0) is 0 Å². The zero-order valence-corrected chi connectivity index (χ0v) is 6.01. The van der Waals surface area contributed by atoms with Crippen molar-refractivity contribution in [2.24, 2.45) is 0 Å². The minimum atomic E-state index is -0.356. The van der Waals surface area contributed by atoms with Gasteiger partial charge in [-0.15, -0.1) is 12.3 Å². The van der Waals surface area contributed by atoms with Crippen LogP contribution in [0.15, 0.2) is 0 Å². The van der Waals surface area contributed by atoms with E-state index >= 15 is 0 Å². The molecule has 0 radical (unpaired) electrons. The van der Waals surface area contributed by atoms with Gasteiger partial charge in [0.1, 0.15) is 0 Å². The van der Waals surface area contributed by atoms with E-state index in [0.29, 0.717) is 19.0 Å². The van der Waals surface area contributed by atoms with Gasteiger partial charge in [0.2, 0.25) is 0 Å². The highest BCUT2D eigenvalue weighted by Crippen LogP contribution is 2.18. The van der Waals surface area contributed by atoms with Crippen LogP contribution in [0, 0.1) is 12.3 Å². The van der Waals surface area contributed by atoms with Crippen LogP contribution in [0.5, 0.6) is 0 Å². The lowest BCUT2D eigenvalue weighted by atomic mass is 10.2. The predicted octanol–water partition coefficient (Wildman–Crippen LogP) is 0.123. The Morgan fingerprint density at radius 3 is 2.90 bits per heavy atom. The first-order valence-corrected chi connectivity index (χ1v) is 3.68. The topological polar surface area (TPSA) is 32.3 Å². The van der Waals surface area contributed by atoms with E-state index in [9.17, 15) is 0 Å². The van der Waals surface area contributed by atoms with Gasteiger partial charge in [0.25, 0.3) is 0 Å². The van der Waals surface area contributed by atoms with Crippen molar-refractivity contribution in [3.63, 3.8) is 0 Å². The van der Waals surface area contributed by atoms with Crippen molar-refractivity contribution in [3.8, 4) is 12.3 Å². The van der Waals surface area contributed by atoms with Crippen molar-refractivity contribution >= 4 is 0 Å². The fourth-order valence-corrected chi connectivity index (χ4v) is 0.798. The van der Waals surface area contributed by atoms with Gasteiger partial charge in [-0.25, -0.2) is 0 Å². The Balaban J connectivity index is 1.95. The molecule has 1 rings (SSSR count). The lowest BCUT2D eigenvalue weighted by molar-refractivity contribution is 0.176. The molecule has 0 aromatic rings. The van der Waals surface area contributed by atoms with E-state index in [1.54, 1.807) is 0 Å². The first kappa shape index (κ1) is 7.59. The average molecular weight is 139 g/mol. The molecule has 2 heteroatoms. The molecular formula is C8H13NO. The first-order valence-electron chi connectivity index (χ1n) is 3.68. The summed E-state index contributed by atoms with van der Waals surface area (Å²) in [5.41, 5.74) is 0. The number of hydrogen-bond acceptors (Lipinski definition) is 2. The van der Waals surface area contributed by atoms with E-state index in [1.165, 1.54) is 12.8 Å².